The molecule has 1 aliphatic rings. The lowest BCUT2D eigenvalue weighted by Crippen LogP contribution is -2.24. The number of hydrogen-bond acceptors (Lipinski definition) is 6. The summed E-state index contributed by atoms with van der Waals surface area (Å²) < 4.78 is 21.5. The molecule has 0 saturated heterocycles. The van der Waals surface area contributed by atoms with Crippen LogP contribution in [0.25, 0.3) is 0 Å². The first-order chi connectivity index (χ1) is 12.6. The van der Waals surface area contributed by atoms with Crippen LogP contribution >= 0.6 is 0 Å². The highest BCUT2D eigenvalue weighted by atomic mass is 16.7. The third kappa shape index (κ3) is 4.05. The van der Waals surface area contributed by atoms with Crippen molar-refractivity contribution in [2.45, 2.75) is 13.8 Å². The molecule has 26 heavy (non-hydrogen) atoms. The van der Waals surface area contributed by atoms with Crippen molar-refractivity contribution in [1.82, 2.24) is 5.43 Å². The molecule has 136 valence electrons. The highest BCUT2D eigenvalue weighted by Gasteiger charge is 2.19. The van der Waals surface area contributed by atoms with Crippen molar-refractivity contribution < 1.29 is 23.7 Å². The van der Waals surface area contributed by atoms with E-state index in [4.69, 9.17) is 18.9 Å². The van der Waals surface area contributed by atoms with Crippen LogP contribution in [0, 0.1) is 13.8 Å². The van der Waals surface area contributed by atoms with E-state index in [2.05, 4.69) is 10.5 Å². The number of nitrogens with zero attached hydrogens (tertiary/aromatic N) is 1. The van der Waals surface area contributed by atoms with Gasteiger partial charge in [-0.15, -0.1) is 0 Å². The molecular weight excluding hydrogens is 336 g/mol. The average molecular weight is 356 g/mol. The van der Waals surface area contributed by atoms with Gasteiger partial charge in [0.25, 0.3) is 5.91 Å². The quantitative estimate of drug-likeness (QED) is 0.636. The predicted molar refractivity (Wildman–Crippen MR) is 96.3 cm³/mol. The maximum atomic E-state index is 11.9. The summed E-state index contributed by atoms with van der Waals surface area (Å²) in [6.45, 7) is 3.93. The van der Waals surface area contributed by atoms with Crippen molar-refractivity contribution in [2.24, 2.45) is 5.10 Å². The van der Waals surface area contributed by atoms with Gasteiger partial charge in [-0.1, -0.05) is 12.1 Å². The smallest absolute Gasteiger partial charge is 0.277 e. The zero-order valence-electron chi connectivity index (χ0n) is 14.9. The number of fused-ring (bicyclic) bond motifs is 1. The minimum absolute atomic E-state index is 0.119. The predicted octanol–water partition coefficient (Wildman–Crippen LogP) is 2.57. The maximum Gasteiger partial charge on any atom is 0.277 e. The summed E-state index contributed by atoms with van der Waals surface area (Å²) in [6, 6.07) is 9.34. The van der Waals surface area contributed by atoms with Gasteiger partial charge in [0, 0.05) is 5.56 Å². The van der Waals surface area contributed by atoms with Gasteiger partial charge in [0.2, 0.25) is 12.5 Å². The Balaban J connectivity index is 1.57. The number of nitrogens with one attached hydrogen (secondary N) is 1. The van der Waals surface area contributed by atoms with E-state index in [9.17, 15) is 4.79 Å². The molecule has 3 rings (SSSR count). The van der Waals surface area contributed by atoms with Crippen molar-refractivity contribution >= 4 is 12.1 Å². The lowest BCUT2D eigenvalue weighted by molar-refractivity contribution is -0.123. The number of rotatable bonds is 6. The number of amides is 1. The Morgan fingerprint density at radius 3 is 2.88 bits per heavy atom. The van der Waals surface area contributed by atoms with E-state index >= 15 is 0 Å². The number of hydrazone groups is 1. The zero-order valence-corrected chi connectivity index (χ0v) is 14.9. The molecule has 2 aromatic rings. The minimum Gasteiger partial charge on any atom is -0.493 e. The van der Waals surface area contributed by atoms with E-state index < -0.39 is 0 Å². The van der Waals surface area contributed by atoms with Crippen molar-refractivity contribution in [3.8, 4) is 23.0 Å². The first-order valence-electron chi connectivity index (χ1n) is 8.06. The monoisotopic (exact) mass is 356 g/mol. The second kappa shape index (κ2) is 7.77. The summed E-state index contributed by atoms with van der Waals surface area (Å²) in [4.78, 5) is 11.9. The number of hydrogen-bond donors (Lipinski definition) is 1. The minimum atomic E-state index is -0.352. The van der Waals surface area contributed by atoms with Gasteiger partial charge in [-0.25, -0.2) is 5.43 Å². The first kappa shape index (κ1) is 17.6. The van der Waals surface area contributed by atoms with Crippen LogP contribution in [0.2, 0.25) is 0 Å². The summed E-state index contributed by atoms with van der Waals surface area (Å²) >= 11 is 0. The van der Waals surface area contributed by atoms with E-state index in [1.165, 1.54) is 6.21 Å². The van der Waals surface area contributed by atoms with Crippen LogP contribution in [-0.4, -0.2) is 32.6 Å². The molecule has 0 aliphatic carbocycles. The van der Waals surface area contributed by atoms with Crippen LogP contribution in [0.3, 0.4) is 0 Å². The van der Waals surface area contributed by atoms with Gasteiger partial charge in [-0.05, 0) is 43.2 Å². The summed E-state index contributed by atoms with van der Waals surface area (Å²) in [5.41, 5.74) is 5.19. The van der Waals surface area contributed by atoms with Gasteiger partial charge in [0.1, 0.15) is 5.75 Å². The fourth-order valence-corrected chi connectivity index (χ4v) is 2.44. The zero-order chi connectivity index (χ0) is 18.5. The molecule has 1 amide bonds. The van der Waals surface area contributed by atoms with Crippen LogP contribution < -0.4 is 24.4 Å². The van der Waals surface area contributed by atoms with Crippen LogP contribution in [0.5, 0.6) is 23.0 Å². The summed E-state index contributed by atoms with van der Waals surface area (Å²) in [7, 11) is 1.55. The van der Waals surface area contributed by atoms with E-state index in [1.54, 1.807) is 19.2 Å². The fourth-order valence-electron chi connectivity index (χ4n) is 2.44. The Hall–Kier alpha value is -3.22. The molecule has 2 aromatic carbocycles. The Morgan fingerprint density at radius 2 is 2.08 bits per heavy atom. The molecular formula is C19H20N2O5. The van der Waals surface area contributed by atoms with Crippen molar-refractivity contribution in [1.29, 1.82) is 0 Å². The third-order valence-corrected chi connectivity index (χ3v) is 3.79. The fraction of sp³-hybridized carbons (Fsp3) is 0.263. The van der Waals surface area contributed by atoms with Gasteiger partial charge in [-0.3, -0.25) is 4.79 Å². The second-order valence-corrected chi connectivity index (χ2v) is 5.81. The average Bonchev–Trinajstić information content (AvgIpc) is 3.10. The maximum absolute atomic E-state index is 11.9. The Bertz CT molecular complexity index is 848. The third-order valence-electron chi connectivity index (χ3n) is 3.79. The van der Waals surface area contributed by atoms with Gasteiger partial charge in [0.15, 0.2) is 18.1 Å². The lowest BCUT2D eigenvalue weighted by Gasteiger charge is -2.09. The molecule has 0 atom stereocenters. The standard InChI is InChI=1S/C19H20N2O5/c1-12-4-5-13(2)15(6-12)24-10-18(22)21-20-9-14-7-16(23-3)19-17(8-14)25-11-26-19/h4-9H,10-11H2,1-3H3,(H,21,22)/b20-9-. The molecule has 0 fully saturated rings. The normalized spacial score (nSPS) is 12.3. The Labute approximate surface area is 151 Å². The molecule has 1 aliphatic heterocycles. The number of benzene rings is 2. The molecule has 7 nitrogen and oxygen atoms in total. The first-order valence-corrected chi connectivity index (χ1v) is 8.06. The number of carbonyl (C=O) groups excluding carboxylic acids is 1. The van der Waals surface area contributed by atoms with E-state index in [-0.39, 0.29) is 19.3 Å². The van der Waals surface area contributed by atoms with Crippen LogP contribution in [0.4, 0.5) is 0 Å². The lowest BCUT2D eigenvalue weighted by atomic mass is 10.1. The SMILES string of the molecule is COc1cc(/C=N\NC(=O)COc2cc(C)ccc2C)cc2c1OCO2. The molecule has 0 aromatic heterocycles. The highest BCUT2D eigenvalue weighted by Crippen LogP contribution is 2.41. The Morgan fingerprint density at radius 1 is 1.23 bits per heavy atom. The molecule has 1 heterocycles. The van der Waals surface area contributed by atoms with Crippen molar-refractivity contribution in [2.75, 3.05) is 20.5 Å². The Kier molecular flexibility index (Phi) is 5.26. The van der Waals surface area contributed by atoms with Crippen LogP contribution in [0.15, 0.2) is 35.4 Å². The van der Waals surface area contributed by atoms with Crippen LogP contribution in [-0.2, 0) is 4.79 Å². The summed E-state index contributed by atoms with van der Waals surface area (Å²) in [6.07, 6.45) is 1.50. The second-order valence-electron chi connectivity index (χ2n) is 5.81. The molecule has 7 heteroatoms. The van der Waals surface area contributed by atoms with E-state index in [1.807, 2.05) is 32.0 Å². The van der Waals surface area contributed by atoms with Gasteiger partial charge in [-0.2, -0.15) is 5.10 Å². The largest absolute Gasteiger partial charge is 0.493 e. The topological polar surface area (TPSA) is 78.4 Å². The van der Waals surface area contributed by atoms with E-state index in [0.29, 0.717) is 28.6 Å². The molecule has 0 bridgehead atoms. The van der Waals surface area contributed by atoms with E-state index in [0.717, 1.165) is 11.1 Å². The molecule has 0 unspecified atom stereocenters. The van der Waals surface area contributed by atoms with Crippen molar-refractivity contribution in [3.63, 3.8) is 0 Å². The highest BCUT2D eigenvalue weighted by molar-refractivity contribution is 5.84. The summed E-state index contributed by atoms with van der Waals surface area (Å²) in [5.74, 6) is 2.02. The molecule has 1 N–H and O–H groups in total. The molecule has 0 saturated carbocycles. The van der Waals surface area contributed by atoms with Gasteiger partial charge >= 0.3 is 0 Å². The molecule has 0 spiro atoms. The molecule has 0 radical (unpaired) electrons. The number of carbonyl (C=O) groups is 1. The van der Waals surface area contributed by atoms with Gasteiger partial charge in [0.05, 0.1) is 13.3 Å². The van der Waals surface area contributed by atoms with Gasteiger partial charge < -0.3 is 18.9 Å². The summed E-state index contributed by atoms with van der Waals surface area (Å²) in [5, 5.41) is 3.94. The number of methoxy groups -OCH3 is 1. The van der Waals surface area contributed by atoms with Crippen molar-refractivity contribution in [3.05, 3.63) is 47.0 Å². The van der Waals surface area contributed by atoms with Crippen LogP contribution in [0.1, 0.15) is 16.7 Å². The number of ether oxygens (including phenoxy) is 4. The number of aryl methyl sites for hydroxylation is 2.